The summed E-state index contributed by atoms with van der Waals surface area (Å²) in [4.78, 5) is 33.6. The number of nitrogens with zero attached hydrogens (tertiary/aromatic N) is 2. The second-order valence-electron chi connectivity index (χ2n) is 7.55. The van der Waals surface area contributed by atoms with Crippen LogP contribution in [0.1, 0.15) is 25.5 Å². The fourth-order valence-electron chi connectivity index (χ4n) is 4.14. The quantitative estimate of drug-likeness (QED) is 0.675. The summed E-state index contributed by atoms with van der Waals surface area (Å²) in [5.41, 5.74) is 1.42. The van der Waals surface area contributed by atoms with Gasteiger partial charge in [-0.15, -0.1) is 0 Å². The van der Waals surface area contributed by atoms with Crippen molar-refractivity contribution in [2.24, 2.45) is 5.92 Å². The van der Waals surface area contributed by atoms with Crippen LogP contribution in [-0.2, 0) is 14.4 Å². The number of likely N-dealkylation sites (tertiary alicyclic amines) is 1. The molecule has 30 heavy (non-hydrogen) atoms. The molecule has 0 aromatic heterocycles. The summed E-state index contributed by atoms with van der Waals surface area (Å²) in [6.45, 7) is 3.63. The maximum absolute atomic E-state index is 13.3. The van der Waals surface area contributed by atoms with Crippen LogP contribution in [0.2, 0.25) is 5.02 Å². The van der Waals surface area contributed by atoms with E-state index in [0.717, 1.165) is 5.56 Å². The molecule has 0 N–H and O–H groups in total. The van der Waals surface area contributed by atoms with Crippen molar-refractivity contribution in [1.29, 1.82) is 0 Å². The standard InChI is InChI=1S/C22H23ClN2O5/c1-12(2)24-21(26)18-19(16-10-9-15(28-3)11-17(16)29-4)25(30-20(18)22(24)27)14-7-5-13(23)6-8-14/h5-12,18-20H,1-4H3. The maximum Gasteiger partial charge on any atom is 0.262 e. The van der Waals surface area contributed by atoms with Crippen molar-refractivity contribution in [3.63, 3.8) is 0 Å². The third-order valence-corrected chi connectivity index (χ3v) is 5.76. The predicted octanol–water partition coefficient (Wildman–Crippen LogP) is 3.61. The van der Waals surface area contributed by atoms with E-state index in [-0.39, 0.29) is 17.9 Å². The zero-order valence-electron chi connectivity index (χ0n) is 17.2. The zero-order valence-corrected chi connectivity index (χ0v) is 17.9. The molecule has 0 radical (unpaired) electrons. The lowest BCUT2D eigenvalue weighted by atomic mass is 9.90. The van der Waals surface area contributed by atoms with Crippen molar-refractivity contribution < 1.29 is 23.9 Å². The number of carbonyl (C=O) groups is 2. The minimum Gasteiger partial charge on any atom is -0.497 e. The van der Waals surface area contributed by atoms with Crippen molar-refractivity contribution in [3.8, 4) is 11.5 Å². The Hall–Kier alpha value is -2.77. The minimum atomic E-state index is -0.896. The molecule has 7 nitrogen and oxygen atoms in total. The number of methoxy groups -OCH3 is 2. The Bertz CT molecular complexity index is 978. The summed E-state index contributed by atoms with van der Waals surface area (Å²) in [6, 6.07) is 11.6. The highest BCUT2D eigenvalue weighted by Crippen LogP contribution is 2.49. The Labute approximate surface area is 180 Å². The second kappa shape index (κ2) is 7.81. The summed E-state index contributed by atoms with van der Waals surface area (Å²) in [7, 11) is 3.13. The van der Waals surface area contributed by atoms with E-state index in [1.165, 1.54) is 4.90 Å². The average Bonchev–Trinajstić information content (AvgIpc) is 3.24. The van der Waals surface area contributed by atoms with Crippen LogP contribution in [0.25, 0.3) is 0 Å². The van der Waals surface area contributed by atoms with Gasteiger partial charge in [0.25, 0.3) is 5.91 Å². The summed E-state index contributed by atoms with van der Waals surface area (Å²) in [6.07, 6.45) is -0.896. The molecule has 3 atom stereocenters. The van der Waals surface area contributed by atoms with Gasteiger partial charge >= 0.3 is 0 Å². The molecule has 2 amide bonds. The highest BCUT2D eigenvalue weighted by molar-refractivity contribution is 6.30. The first-order valence-electron chi connectivity index (χ1n) is 9.67. The first kappa shape index (κ1) is 20.5. The lowest BCUT2D eigenvalue weighted by Gasteiger charge is -2.30. The highest BCUT2D eigenvalue weighted by Gasteiger charge is 2.60. The summed E-state index contributed by atoms with van der Waals surface area (Å²) >= 11 is 6.04. The van der Waals surface area contributed by atoms with Gasteiger partial charge in [-0.2, -0.15) is 0 Å². The van der Waals surface area contributed by atoms with Gasteiger partial charge < -0.3 is 9.47 Å². The van der Waals surface area contributed by atoms with Crippen LogP contribution < -0.4 is 14.5 Å². The van der Waals surface area contributed by atoms with Crippen LogP contribution in [-0.4, -0.2) is 43.1 Å². The third-order valence-electron chi connectivity index (χ3n) is 5.51. The van der Waals surface area contributed by atoms with Gasteiger partial charge in [-0.25, -0.2) is 5.06 Å². The fourth-order valence-corrected chi connectivity index (χ4v) is 4.26. The molecular weight excluding hydrogens is 408 g/mol. The van der Waals surface area contributed by atoms with Gasteiger partial charge in [0.15, 0.2) is 6.10 Å². The molecule has 0 bridgehead atoms. The second-order valence-corrected chi connectivity index (χ2v) is 7.98. The Kier molecular flexibility index (Phi) is 5.34. The van der Waals surface area contributed by atoms with E-state index in [4.69, 9.17) is 25.9 Å². The number of carbonyl (C=O) groups excluding carboxylic acids is 2. The van der Waals surface area contributed by atoms with Crippen LogP contribution in [0.3, 0.4) is 0 Å². The summed E-state index contributed by atoms with van der Waals surface area (Å²) in [5.74, 6) is -0.0984. The molecule has 2 aliphatic rings. The van der Waals surface area contributed by atoms with Crippen molar-refractivity contribution >= 4 is 29.1 Å². The predicted molar refractivity (Wildman–Crippen MR) is 112 cm³/mol. The topological polar surface area (TPSA) is 68.3 Å². The van der Waals surface area contributed by atoms with Crippen molar-refractivity contribution in [2.75, 3.05) is 19.3 Å². The van der Waals surface area contributed by atoms with Crippen LogP contribution in [0.4, 0.5) is 5.69 Å². The van der Waals surface area contributed by atoms with Crippen LogP contribution >= 0.6 is 11.6 Å². The smallest absolute Gasteiger partial charge is 0.262 e. The lowest BCUT2D eigenvalue weighted by Crippen LogP contribution is -2.41. The SMILES string of the molecule is COc1ccc(C2C3C(=O)N(C(C)C)C(=O)C3ON2c2ccc(Cl)cc2)c(OC)c1. The normalized spacial score (nSPS) is 23.3. The molecule has 3 unspecified atom stereocenters. The Morgan fingerprint density at radius 3 is 2.30 bits per heavy atom. The fraction of sp³-hybridized carbons (Fsp3) is 0.364. The molecule has 2 heterocycles. The van der Waals surface area contributed by atoms with Gasteiger partial charge in [0.1, 0.15) is 17.4 Å². The number of ether oxygens (including phenoxy) is 2. The number of hydrogen-bond acceptors (Lipinski definition) is 6. The lowest BCUT2D eigenvalue weighted by molar-refractivity contribution is -0.145. The van der Waals surface area contributed by atoms with Gasteiger partial charge in [0.05, 0.1) is 25.9 Å². The average molecular weight is 431 g/mol. The Balaban J connectivity index is 1.84. The molecule has 0 saturated carbocycles. The molecule has 2 aromatic carbocycles. The first-order chi connectivity index (χ1) is 14.4. The monoisotopic (exact) mass is 430 g/mol. The van der Waals surface area contributed by atoms with Gasteiger partial charge in [0.2, 0.25) is 5.91 Å². The molecular formula is C22H23ClN2O5. The summed E-state index contributed by atoms with van der Waals surface area (Å²) in [5, 5.41) is 2.19. The third kappa shape index (κ3) is 3.18. The van der Waals surface area contributed by atoms with Crippen molar-refractivity contribution in [1.82, 2.24) is 4.90 Å². The minimum absolute atomic E-state index is 0.249. The number of halogens is 1. The van der Waals surface area contributed by atoms with Gasteiger partial charge in [0, 0.05) is 22.7 Å². The van der Waals surface area contributed by atoms with Crippen LogP contribution in [0, 0.1) is 5.92 Å². The molecule has 0 aliphatic carbocycles. The van der Waals surface area contributed by atoms with Crippen LogP contribution in [0.15, 0.2) is 42.5 Å². The number of benzene rings is 2. The van der Waals surface area contributed by atoms with Gasteiger partial charge in [-0.05, 0) is 50.2 Å². The molecule has 158 valence electrons. The highest BCUT2D eigenvalue weighted by atomic mass is 35.5. The number of rotatable bonds is 5. The Morgan fingerprint density at radius 1 is 1.00 bits per heavy atom. The first-order valence-corrected chi connectivity index (χ1v) is 10.1. The maximum atomic E-state index is 13.3. The zero-order chi connectivity index (χ0) is 21.6. The number of amides is 2. The van der Waals surface area contributed by atoms with E-state index in [9.17, 15) is 9.59 Å². The van der Waals surface area contributed by atoms with Gasteiger partial charge in [-0.1, -0.05) is 11.6 Å². The van der Waals surface area contributed by atoms with E-state index < -0.39 is 18.1 Å². The van der Waals surface area contributed by atoms with E-state index >= 15 is 0 Å². The number of hydrogen-bond donors (Lipinski definition) is 0. The molecule has 4 rings (SSSR count). The number of imide groups is 1. The number of fused-ring (bicyclic) bond motifs is 1. The van der Waals surface area contributed by atoms with Crippen molar-refractivity contribution in [3.05, 3.63) is 53.1 Å². The van der Waals surface area contributed by atoms with E-state index in [2.05, 4.69) is 0 Å². The molecule has 2 aliphatic heterocycles. The molecule has 2 fully saturated rings. The molecule has 0 spiro atoms. The van der Waals surface area contributed by atoms with Crippen LogP contribution in [0.5, 0.6) is 11.5 Å². The summed E-state index contributed by atoms with van der Waals surface area (Å²) < 4.78 is 10.9. The molecule has 2 aromatic rings. The molecule has 8 heteroatoms. The van der Waals surface area contributed by atoms with E-state index in [0.29, 0.717) is 22.2 Å². The number of anilines is 1. The molecule has 2 saturated heterocycles. The van der Waals surface area contributed by atoms with E-state index in [1.54, 1.807) is 55.7 Å². The van der Waals surface area contributed by atoms with E-state index in [1.807, 2.05) is 19.9 Å². The van der Waals surface area contributed by atoms with Crippen molar-refractivity contribution in [2.45, 2.75) is 32.0 Å². The number of hydroxylamine groups is 1. The Morgan fingerprint density at radius 2 is 1.70 bits per heavy atom. The largest absolute Gasteiger partial charge is 0.497 e. The van der Waals surface area contributed by atoms with Gasteiger partial charge in [-0.3, -0.25) is 19.3 Å².